The summed E-state index contributed by atoms with van der Waals surface area (Å²) in [4.78, 5) is 80.1. The molecule has 5 rings (SSSR count). The Labute approximate surface area is 369 Å². The van der Waals surface area contributed by atoms with Crippen molar-refractivity contribution in [2.75, 3.05) is 39.3 Å². The number of hydrogen-bond acceptors (Lipinski definition) is 12. The Hall–Kier alpha value is -5.84. The number of carbonyl (C=O) groups is 6. The summed E-state index contributed by atoms with van der Waals surface area (Å²) in [6.07, 6.45) is -2.25. The van der Waals surface area contributed by atoms with Crippen LogP contribution < -0.4 is 31.9 Å². The molecule has 0 spiro atoms. The molecular formula is C47H62N6O10. The van der Waals surface area contributed by atoms with Gasteiger partial charge in [-0.15, -0.1) is 0 Å². The second-order valence-corrected chi connectivity index (χ2v) is 18.2. The molecule has 2 aliphatic rings. The molecule has 16 nitrogen and oxygen atoms in total. The number of hydrogen-bond donors (Lipinski definition) is 6. The lowest BCUT2D eigenvalue weighted by Gasteiger charge is -2.47. The molecule has 0 bridgehead atoms. The van der Waals surface area contributed by atoms with Crippen LogP contribution in [-0.2, 0) is 49.5 Å². The van der Waals surface area contributed by atoms with Crippen LogP contribution in [0.5, 0.6) is 0 Å². The molecule has 16 heteroatoms. The number of fused-ring (bicyclic) bond motifs is 3. The van der Waals surface area contributed by atoms with E-state index in [1.807, 2.05) is 66.7 Å². The minimum Gasteiger partial charge on any atom is -0.460 e. The highest BCUT2D eigenvalue weighted by atomic mass is 16.6. The van der Waals surface area contributed by atoms with Gasteiger partial charge in [0, 0.05) is 25.6 Å². The minimum atomic E-state index is -1.48. The number of nitrogens with one attached hydrogen (secondary N) is 6. The van der Waals surface area contributed by atoms with Crippen molar-refractivity contribution in [1.82, 2.24) is 31.9 Å². The first-order chi connectivity index (χ1) is 29.7. The summed E-state index contributed by atoms with van der Waals surface area (Å²) in [7, 11) is 0. The Morgan fingerprint density at radius 3 is 1.86 bits per heavy atom. The summed E-state index contributed by atoms with van der Waals surface area (Å²) in [5.74, 6) is -3.86. The second kappa shape index (κ2) is 21.0. The lowest BCUT2D eigenvalue weighted by atomic mass is 9.89. The average molecular weight is 871 g/mol. The molecule has 3 aromatic carbocycles. The Morgan fingerprint density at radius 1 is 0.714 bits per heavy atom. The van der Waals surface area contributed by atoms with Crippen molar-refractivity contribution < 1.29 is 47.7 Å². The number of carbonyl (C=O) groups excluding carboxylic acids is 6. The predicted molar refractivity (Wildman–Crippen MR) is 235 cm³/mol. The van der Waals surface area contributed by atoms with Crippen molar-refractivity contribution in [2.45, 2.75) is 103 Å². The summed E-state index contributed by atoms with van der Waals surface area (Å²) in [6.45, 7) is 13.5. The van der Waals surface area contributed by atoms with E-state index in [2.05, 4.69) is 31.9 Å². The summed E-state index contributed by atoms with van der Waals surface area (Å²) in [6, 6.07) is 22.6. The molecule has 6 N–H and O–H groups in total. The smallest absolute Gasteiger partial charge is 0.407 e. The van der Waals surface area contributed by atoms with E-state index in [0.717, 1.165) is 27.8 Å². The first-order valence-corrected chi connectivity index (χ1v) is 21.3. The van der Waals surface area contributed by atoms with Crippen molar-refractivity contribution in [3.05, 3.63) is 95.6 Å². The third-order valence-electron chi connectivity index (χ3n) is 10.3. The molecule has 3 unspecified atom stereocenters. The first kappa shape index (κ1) is 48.2. The van der Waals surface area contributed by atoms with Gasteiger partial charge in [-0.2, -0.15) is 0 Å². The van der Waals surface area contributed by atoms with Gasteiger partial charge in [0.2, 0.25) is 17.7 Å². The quantitative estimate of drug-likeness (QED) is 0.0756. The van der Waals surface area contributed by atoms with Crippen molar-refractivity contribution >= 4 is 35.8 Å². The molecule has 1 heterocycles. The van der Waals surface area contributed by atoms with Crippen LogP contribution in [0, 0.1) is 5.92 Å². The van der Waals surface area contributed by atoms with E-state index in [9.17, 15) is 28.8 Å². The van der Waals surface area contributed by atoms with E-state index < -0.39 is 83.8 Å². The Balaban J connectivity index is 1.20. The van der Waals surface area contributed by atoms with Gasteiger partial charge in [0.25, 0.3) is 0 Å². The van der Waals surface area contributed by atoms with Gasteiger partial charge < -0.3 is 45.5 Å². The van der Waals surface area contributed by atoms with Gasteiger partial charge in [0.1, 0.15) is 44.0 Å². The molecule has 4 amide bonds. The van der Waals surface area contributed by atoms with Gasteiger partial charge in [0.05, 0.1) is 11.1 Å². The van der Waals surface area contributed by atoms with Crippen molar-refractivity contribution in [3.63, 3.8) is 0 Å². The standard InChI is InChI=1S/C47H62N6O10/c1-29(2)38(52-36(54)22-50-44(59)61-25-35-33-20-14-12-18-31(33)32-19-13-15-21-34(32)35)41(56)51-28-47(26-48-27-47)53-39(40(62-45(3,4)5)43(58)63-46(6,7)8)42(57)49-23-37(55)60-24-30-16-10-9-11-17-30/h9-21,29,35,38-40,48,53H,22-28H2,1-8H3,(H,49,57)(H,50,59)(H,51,56)(H,52,54). The second-order valence-electron chi connectivity index (χ2n) is 18.2. The Morgan fingerprint density at radius 2 is 1.30 bits per heavy atom. The highest BCUT2D eigenvalue weighted by molar-refractivity contribution is 5.92. The predicted octanol–water partition coefficient (Wildman–Crippen LogP) is 3.47. The number of rotatable bonds is 19. The third-order valence-corrected chi connectivity index (χ3v) is 10.3. The minimum absolute atomic E-state index is 0.00623. The van der Waals surface area contributed by atoms with E-state index in [4.69, 9.17) is 18.9 Å². The van der Waals surface area contributed by atoms with Crippen LogP contribution in [0.1, 0.15) is 78.0 Å². The van der Waals surface area contributed by atoms with Gasteiger partial charge in [-0.05, 0) is 75.3 Å². The third kappa shape index (κ3) is 13.8. The van der Waals surface area contributed by atoms with Crippen LogP contribution in [0.25, 0.3) is 11.1 Å². The van der Waals surface area contributed by atoms with Gasteiger partial charge in [0.15, 0.2) is 6.10 Å². The molecule has 1 aliphatic heterocycles. The highest BCUT2D eigenvalue weighted by Gasteiger charge is 2.47. The zero-order chi connectivity index (χ0) is 46.0. The first-order valence-electron chi connectivity index (χ1n) is 21.3. The van der Waals surface area contributed by atoms with Crippen LogP contribution in [0.2, 0.25) is 0 Å². The normalized spacial score (nSPS) is 15.6. The Kier molecular flexibility index (Phi) is 16.1. The summed E-state index contributed by atoms with van der Waals surface area (Å²) >= 11 is 0. The fourth-order valence-electron chi connectivity index (χ4n) is 7.29. The molecule has 63 heavy (non-hydrogen) atoms. The van der Waals surface area contributed by atoms with E-state index in [-0.39, 0.29) is 44.7 Å². The molecule has 0 aromatic heterocycles. The van der Waals surface area contributed by atoms with Crippen molar-refractivity contribution in [3.8, 4) is 11.1 Å². The number of alkyl carbamates (subject to hydrolysis) is 1. The lowest BCUT2D eigenvalue weighted by Crippen LogP contribution is -2.77. The number of ether oxygens (including phenoxy) is 4. The maximum absolute atomic E-state index is 14.0. The topological polar surface area (TPSA) is 212 Å². The number of amides is 4. The van der Waals surface area contributed by atoms with Crippen molar-refractivity contribution in [2.24, 2.45) is 5.92 Å². The zero-order valence-corrected chi connectivity index (χ0v) is 37.4. The fraction of sp³-hybridized carbons (Fsp3) is 0.489. The summed E-state index contributed by atoms with van der Waals surface area (Å²) < 4.78 is 22.8. The van der Waals surface area contributed by atoms with Crippen LogP contribution in [-0.4, -0.2) is 110 Å². The number of esters is 2. The largest absolute Gasteiger partial charge is 0.460 e. The van der Waals surface area contributed by atoms with E-state index in [1.54, 1.807) is 67.5 Å². The van der Waals surface area contributed by atoms with E-state index in [0.29, 0.717) is 0 Å². The van der Waals surface area contributed by atoms with Crippen LogP contribution in [0.15, 0.2) is 78.9 Å². The fourth-order valence-corrected chi connectivity index (χ4v) is 7.29. The molecule has 1 fully saturated rings. The molecule has 1 aliphatic carbocycles. The van der Waals surface area contributed by atoms with Crippen molar-refractivity contribution in [1.29, 1.82) is 0 Å². The number of benzene rings is 3. The molecule has 3 aromatic rings. The summed E-state index contributed by atoms with van der Waals surface area (Å²) in [5.41, 5.74) is 2.24. The Bertz CT molecular complexity index is 2050. The molecule has 340 valence electrons. The van der Waals surface area contributed by atoms with Gasteiger partial charge >= 0.3 is 18.0 Å². The van der Waals surface area contributed by atoms with E-state index >= 15 is 0 Å². The van der Waals surface area contributed by atoms with Gasteiger partial charge in [-0.25, -0.2) is 9.59 Å². The molecule has 3 atom stereocenters. The van der Waals surface area contributed by atoms with E-state index in [1.165, 1.54) is 0 Å². The van der Waals surface area contributed by atoms with Gasteiger partial charge in [-0.3, -0.25) is 24.5 Å². The summed E-state index contributed by atoms with van der Waals surface area (Å²) in [5, 5.41) is 17.1. The maximum atomic E-state index is 14.0. The SMILES string of the molecule is CC(C)C(NC(=O)CNC(=O)OCC1c2ccccc2-c2ccccc21)C(=O)NCC1(NC(C(=O)NCC(=O)OCc2ccccc2)C(OC(C)(C)C)C(=O)OC(C)(C)C)CNC1. The van der Waals surface area contributed by atoms with Gasteiger partial charge in [-0.1, -0.05) is 92.7 Å². The molecule has 1 saturated heterocycles. The molecule has 0 saturated carbocycles. The zero-order valence-electron chi connectivity index (χ0n) is 37.4. The molecular weight excluding hydrogens is 809 g/mol. The van der Waals surface area contributed by atoms with Crippen LogP contribution >= 0.6 is 0 Å². The maximum Gasteiger partial charge on any atom is 0.407 e. The monoisotopic (exact) mass is 870 g/mol. The van der Waals surface area contributed by atoms with Crippen LogP contribution in [0.3, 0.4) is 0 Å². The molecule has 0 radical (unpaired) electrons. The lowest BCUT2D eigenvalue weighted by molar-refractivity contribution is -0.182. The highest BCUT2D eigenvalue weighted by Crippen LogP contribution is 2.44. The van der Waals surface area contributed by atoms with Crippen LogP contribution in [0.4, 0.5) is 4.79 Å². The average Bonchev–Trinajstić information content (AvgIpc) is 3.53.